The molecule has 1 aliphatic heterocycles. The van der Waals surface area contributed by atoms with Crippen molar-refractivity contribution in [3.8, 4) is 0 Å². The number of rotatable bonds is 4. The lowest BCUT2D eigenvalue weighted by molar-refractivity contribution is 0.453. The Morgan fingerprint density at radius 1 is 1.71 bits per heavy atom. The number of hydrazine groups is 1. The monoisotopic (exact) mass is 274 g/mol. The topological polar surface area (TPSA) is 55.9 Å². The molecule has 1 aromatic heterocycles. The molecule has 2 unspecified atom stereocenters. The Bertz CT molecular complexity index is 362. The first-order valence-corrected chi connectivity index (χ1v) is 7.49. The average Bonchev–Trinajstić information content (AvgIpc) is 2.74. The molecule has 0 aromatic carbocycles. The van der Waals surface area contributed by atoms with Crippen molar-refractivity contribution in [1.82, 2.24) is 15.2 Å². The molecule has 2 atom stereocenters. The van der Waals surface area contributed by atoms with E-state index >= 15 is 0 Å². The maximum absolute atomic E-state index is 6.23. The molecule has 0 bridgehead atoms. The summed E-state index contributed by atoms with van der Waals surface area (Å²) in [6, 6.07) is 0.0928. The summed E-state index contributed by atoms with van der Waals surface area (Å²) in [4.78, 5) is 0. The van der Waals surface area contributed by atoms with Crippen molar-refractivity contribution in [1.29, 1.82) is 0 Å². The Kier molecular flexibility index (Phi) is 4.73. The molecule has 1 saturated heterocycles. The summed E-state index contributed by atoms with van der Waals surface area (Å²) >= 11 is 8.21. The van der Waals surface area contributed by atoms with Crippen LogP contribution in [0, 0.1) is 0 Å². The highest BCUT2D eigenvalue weighted by molar-refractivity contribution is 8.00. The standard InChI is InChI=1S/C11H19ClN4S/c1-2-16-11(8(12)7-14-16)10(15-13)9-5-3-4-6-17-9/h7,9-10,15H,2-6,13H2,1H3. The second-order valence-electron chi connectivity index (χ2n) is 4.24. The highest BCUT2D eigenvalue weighted by atomic mass is 35.5. The number of hydrogen-bond donors (Lipinski definition) is 2. The Morgan fingerprint density at radius 2 is 2.53 bits per heavy atom. The summed E-state index contributed by atoms with van der Waals surface area (Å²) in [5.74, 6) is 6.93. The summed E-state index contributed by atoms with van der Waals surface area (Å²) in [5.41, 5.74) is 3.95. The van der Waals surface area contributed by atoms with E-state index in [1.54, 1.807) is 6.20 Å². The van der Waals surface area contributed by atoms with E-state index in [1.807, 2.05) is 16.4 Å². The smallest absolute Gasteiger partial charge is 0.0835 e. The Labute approximate surface area is 111 Å². The molecule has 1 aromatic rings. The van der Waals surface area contributed by atoms with Crippen molar-refractivity contribution in [2.24, 2.45) is 5.84 Å². The molecule has 0 amide bonds. The maximum Gasteiger partial charge on any atom is 0.0835 e. The van der Waals surface area contributed by atoms with E-state index in [0.717, 1.165) is 12.2 Å². The highest BCUT2D eigenvalue weighted by Gasteiger charge is 2.29. The van der Waals surface area contributed by atoms with Gasteiger partial charge in [0.2, 0.25) is 0 Å². The fraction of sp³-hybridized carbons (Fsp3) is 0.727. The van der Waals surface area contributed by atoms with Crippen LogP contribution >= 0.6 is 23.4 Å². The molecule has 0 radical (unpaired) electrons. The first-order chi connectivity index (χ1) is 8.27. The molecular formula is C11H19ClN4S. The quantitative estimate of drug-likeness (QED) is 0.654. The van der Waals surface area contributed by atoms with E-state index in [1.165, 1.54) is 25.0 Å². The van der Waals surface area contributed by atoms with Crippen LogP contribution in [0.5, 0.6) is 0 Å². The van der Waals surface area contributed by atoms with E-state index in [-0.39, 0.29) is 6.04 Å². The van der Waals surface area contributed by atoms with Crippen LogP contribution in [0.25, 0.3) is 0 Å². The first-order valence-electron chi connectivity index (χ1n) is 6.06. The van der Waals surface area contributed by atoms with Gasteiger partial charge in [0.15, 0.2) is 0 Å². The van der Waals surface area contributed by atoms with Crippen molar-refractivity contribution in [3.05, 3.63) is 16.9 Å². The second kappa shape index (κ2) is 6.09. The van der Waals surface area contributed by atoms with Gasteiger partial charge in [-0.2, -0.15) is 16.9 Å². The third-order valence-corrected chi connectivity index (χ3v) is 4.95. The molecule has 0 spiro atoms. The summed E-state index contributed by atoms with van der Waals surface area (Å²) in [7, 11) is 0. The Morgan fingerprint density at radius 3 is 3.12 bits per heavy atom. The first kappa shape index (κ1) is 13.2. The number of aryl methyl sites for hydroxylation is 1. The predicted octanol–water partition coefficient (Wildman–Crippen LogP) is 2.35. The van der Waals surface area contributed by atoms with E-state index in [4.69, 9.17) is 17.4 Å². The minimum atomic E-state index is 0.0928. The third-order valence-electron chi connectivity index (χ3n) is 3.19. The normalized spacial score (nSPS) is 22.6. The van der Waals surface area contributed by atoms with Crippen molar-refractivity contribution < 1.29 is 0 Å². The number of nitrogens with two attached hydrogens (primary N) is 1. The minimum absolute atomic E-state index is 0.0928. The van der Waals surface area contributed by atoms with Crippen LogP contribution in [0.3, 0.4) is 0 Å². The number of aromatic nitrogens is 2. The van der Waals surface area contributed by atoms with Crippen LogP contribution in [-0.2, 0) is 6.54 Å². The molecule has 96 valence electrons. The molecular weight excluding hydrogens is 256 g/mol. The van der Waals surface area contributed by atoms with Gasteiger partial charge in [-0.15, -0.1) is 0 Å². The van der Waals surface area contributed by atoms with Gasteiger partial charge in [0.1, 0.15) is 0 Å². The van der Waals surface area contributed by atoms with Crippen molar-refractivity contribution in [2.75, 3.05) is 5.75 Å². The zero-order chi connectivity index (χ0) is 12.3. The lowest BCUT2D eigenvalue weighted by Gasteiger charge is -2.29. The molecule has 0 aliphatic carbocycles. The lowest BCUT2D eigenvalue weighted by Crippen LogP contribution is -2.37. The number of hydrogen-bond acceptors (Lipinski definition) is 4. The molecule has 1 fully saturated rings. The van der Waals surface area contributed by atoms with Crippen molar-refractivity contribution >= 4 is 23.4 Å². The fourth-order valence-corrected chi connectivity index (χ4v) is 3.99. The van der Waals surface area contributed by atoms with Crippen LogP contribution in [0.4, 0.5) is 0 Å². The van der Waals surface area contributed by atoms with Gasteiger partial charge in [-0.25, -0.2) is 0 Å². The van der Waals surface area contributed by atoms with E-state index in [0.29, 0.717) is 10.3 Å². The molecule has 4 nitrogen and oxygen atoms in total. The number of nitrogens with zero attached hydrogens (tertiary/aromatic N) is 2. The zero-order valence-electron chi connectivity index (χ0n) is 10.0. The molecule has 1 aliphatic rings. The molecule has 6 heteroatoms. The molecule has 3 N–H and O–H groups in total. The van der Waals surface area contributed by atoms with Gasteiger partial charge < -0.3 is 0 Å². The van der Waals surface area contributed by atoms with Gasteiger partial charge in [0.05, 0.1) is 23.0 Å². The third kappa shape index (κ3) is 2.78. The Hall–Kier alpha value is -0.230. The number of nitrogens with one attached hydrogen (secondary N) is 1. The van der Waals surface area contributed by atoms with Gasteiger partial charge in [0, 0.05) is 11.8 Å². The second-order valence-corrected chi connectivity index (χ2v) is 6.00. The predicted molar refractivity (Wildman–Crippen MR) is 73.1 cm³/mol. The van der Waals surface area contributed by atoms with Crippen molar-refractivity contribution in [2.45, 2.75) is 44.0 Å². The number of thioether (sulfide) groups is 1. The van der Waals surface area contributed by atoms with Gasteiger partial charge in [-0.3, -0.25) is 16.0 Å². The van der Waals surface area contributed by atoms with Gasteiger partial charge in [0.25, 0.3) is 0 Å². The van der Waals surface area contributed by atoms with Crippen molar-refractivity contribution in [3.63, 3.8) is 0 Å². The SMILES string of the molecule is CCn1ncc(Cl)c1C(NN)C1CCCCS1. The average molecular weight is 275 g/mol. The lowest BCUT2D eigenvalue weighted by atomic mass is 10.0. The summed E-state index contributed by atoms with van der Waals surface area (Å²) in [6.45, 7) is 2.88. The summed E-state index contributed by atoms with van der Waals surface area (Å²) in [6.07, 6.45) is 5.47. The van der Waals surface area contributed by atoms with E-state index in [2.05, 4.69) is 17.4 Å². The molecule has 2 heterocycles. The van der Waals surface area contributed by atoms with Gasteiger partial charge in [-0.1, -0.05) is 18.0 Å². The van der Waals surface area contributed by atoms with Gasteiger partial charge in [-0.05, 0) is 25.5 Å². The summed E-state index contributed by atoms with van der Waals surface area (Å²) in [5, 5.41) is 5.48. The molecule has 0 saturated carbocycles. The van der Waals surface area contributed by atoms with Crippen LogP contribution < -0.4 is 11.3 Å². The van der Waals surface area contributed by atoms with Crippen LogP contribution in [0.15, 0.2) is 6.20 Å². The van der Waals surface area contributed by atoms with Gasteiger partial charge >= 0.3 is 0 Å². The molecule has 17 heavy (non-hydrogen) atoms. The van der Waals surface area contributed by atoms with Crippen LogP contribution in [0.2, 0.25) is 5.02 Å². The number of halogens is 1. The minimum Gasteiger partial charge on any atom is -0.271 e. The highest BCUT2D eigenvalue weighted by Crippen LogP contribution is 2.36. The van der Waals surface area contributed by atoms with E-state index in [9.17, 15) is 0 Å². The largest absolute Gasteiger partial charge is 0.271 e. The fourth-order valence-electron chi connectivity index (χ4n) is 2.32. The van der Waals surface area contributed by atoms with E-state index < -0.39 is 0 Å². The molecule has 2 rings (SSSR count). The Balaban J connectivity index is 2.23. The van der Waals surface area contributed by atoms with Crippen LogP contribution in [-0.4, -0.2) is 20.8 Å². The summed E-state index contributed by atoms with van der Waals surface area (Å²) < 4.78 is 1.93. The maximum atomic E-state index is 6.23. The zero-order valence-corrected chi connectivity index (χ0v) is 11.6. The van der Waals surface area contributed by atoms with Crippen LogP contribution in [0.1, 0.15) is 37.9 Å².